The van der Waals surface area contributed by atoms with Gasteiger partial charge in [0.15, 0.2) is 0 Å². The van der Waals surface area contributed by atoms with Crippen molar-refractivity contribution in [3.8, 4) is 5.75 Å². The van der Waals surface area contributed by atoms with E-state index >= 15 is 0 Å². The van der Waals surface area contributed by atoms with Gasteiger partial charge in [0, 0.05) is 10.6 Å². The zero-order valence-corrected chi connectivity index (χ0v) is 6.06. The lowest BCUT2D eigenvalue weighted by Gasteiger charge is -1.97. The zero-order valence-electron chi connectivity index (χ0n) is 6.06. The molecule has 12 heavy (non-hydrogen) atoms. The summed E-state index contributed by atoms with van der Waals surface area (Å²) in [5.74, 6) is 0.752. The average Bonchev–Trinajstić information content (AvgIpc) is 2.07. The summed E-state index contributed by atoms with van der Waals surface area (Å²) < 4.78 is 4.91. The highest BCUT2D eigenvalue weighted by atomic mass is 16.5. The van der Waals surface area contributed by atoms with Crippen LogP contribution < -0.4 is 4.74 Å². The van der Waals surface area contributed by atoms with Gasteiger partial charge in [-0.15, -0.1) is 0 Å². The van der Waals surface area contributed by atoms with Crippen molar-refractivity contribution in [2.45, 2.75) is 7.43 Å². The van der Waals surface area contributed by atoms with E-state index in [1.165, 1.54) is 0 Å². The van der Waals surface area contributed by atoms with Crippen LogP contribution in [0.4, 0.5) is 5.69 Å². The first-order valence-corrected chi connectivity index (χ1v) is 3.06. The molecule has 0 unspecified atom stereocenters. The molecule has 0 atom stereocenters. The number of benzene rings is 1. The van der Waals surface area contributed by atoms with Gasteiger partial charge < -0.3 is 4.74 Å². The molecule has 0 amide bonds. The van der Waals surface area contributed by atoms with Gasteiger partial charge in [0.25, 0.3) is 0 Å². The molecule has 0 saturated carbocycles. The molecular weight excluding hydrogens is 154 g/mol. The second-order valence-corrected chi connectivity index (χ2v) is 1.89. The predicted octanol–water partition coefficient (Wildman–Crippen LogP) is 3.27. The summed E-state index contributed by atoms with van der Waals surface area (Å²) >= 11 is 0. The fourth-order valence-corrected chi connectivity index (χ4v) is 0.701. The second-order valence-electron chi connectivity index (χ2n) is 1.89. The summed E-state index contributed by atoms with van der Waals surface area (Å²) in [7, 11) is 1.59. The van der Waals surface area contributed by atoms with Crippen molar-refractivity contribution in [1.29, 1.82) is 0 Å². The van der Waals surface area contributed by atoms with E-state index in [-0.39, 0.29) is 7.43 Å². The van der Waals surface area contributed by atoms with E-state index in [1.807, 2.05) is 0 Å². The monoisotopic (exact) mass is 165 g/mol. The molecule has 0 aliphatic heterocycles. The smallest absolute Gasteiger partial charge is 0.118 e. The quantitative estimate of drug-likeness (QED) is 0.377. The number of rotatable bonds is 2. The van der Waals surface area contributed by atoms with Crippen LogP contribution in [0.2, 0.25) is 0 Å². The van der Waals surface area contributed by atoms with Gasteiger partial charge in [-0.25, -0.2) is 0 Å². The van der Waals surface area contributed by atoms with Crippen LogP contribution in [0, 0.1) is 0 Å². The highest BCUT2D eigenvalue weighted by Crippen LogP contribution is 2.17. The van der Waals surface area contributed by atoms with Gasteiger partial charge >= 0.3 is 0 Å². The van der Waals surface area contributed by atoms with E-state index in [0.717, 1.165) is 5.75 Å². The van der Waals surface area contributed by atoms with Crippen LogP contribution in [0.15, 0.2) is 29.4 Å². The van der Waals surface area contributed by atoms with E-state index in [4.69, 9.17) is 10.3 Å². The Hall–Kier alpha value is -1.67. The molecule has 4 nitrogen and oxygen atoms in total. The van der Waals surface area contributed by atoms with E-state index in [9.17, 15) is 0 Å². The summed E-state index contributed by atoms with van der Waals surface area (Å²) in [4.78, 5) is 2.65. The van der Waals surface area contributed by atoms with Crippen molar-refractivity contribution < 1.29 is 4.74 Å². The molecule has 0 aromatic heterocycles. The highest BCUT2D eigenvalue weighted by molar-refractivity contribution is 5.40. The molecule has 1 aromatic rings. The lowest BCUT2D eigenvalue weighted by molar-refractivity contribution is 0.415. The molecule has 0 fully saturated rings. The third-order valence-corrected chi connectivity index (χ3v) is 1.23. The van der Waals surface area contributed by atoms with Crippen LogP contribution in [-0.4, -0.2) is 7.11 Å². The maximum atomic E-state index is 8.07. The van der Waals surface area contributed by atoms with Crippen molar-refractivity contribution in [1.82, 2.24) is 0 Å². The van der Waals surface area contributed by atoms with Crippen molar-refractivity contribution in [2.75, 3.05) is 7.11 Å². The summed E-state index contributed by atoms with van der Waals surface area (Å²) in [5, 5.41) is 3.41. The first kappa shape index (κ1) is 10.3. The number of methoxy groups -OCH3 is 1. The number of azide groups is 1. The third-order valence-electron chi connectivity index (χ3n) is 1.23. The molecule has 0 saturated heterocycles. The lowest BCUT2D eigenvalue weighted by atomic mass is 10.3. The first-order valence-electron chi connectivity index (χ1n) is 3.06. The van der Waals surface area contributed by atoms with Gasteiger partial charge in [0.1, 0.15) is 5.75 Å². The van der Waals surface area contributed by atoms with E-state index < -0.39 is 0 Å². The normalized spacial score (nSPS) is 7.75. The summed E-state index contributed by atoms with van der Waals surface area (Å²) in [5.41, 5.74) is 8.66. The Labute approximate surface area is 71.4 Å². The molecule has 0 bridgehead atoms. The standard InChI is InChI=1S/C7H7N3O.CH4/c1-11-7-4-2-6(3-5-7)9-10-8;/h2-5H,1H3;1H4. The van der Waals surface area contributed by atoms with Gasteiger partial charge in [-0.1, -0.05) is 12.5 Å². The molecule has 1 rings (SSSR count). The van der Waals surface area contributed by atoms with Crippen LogP contribution in [0.3, 0.4) is 0 Å². The summed E-state index contributed by atoms with van der Waals surface area (Å²) in [6.07, 6.45) is 0. The summed E-state index contributed by atoms with van der Waals surface area (Å²) in [6.45, 7) is 0. The Balaban J connectivity index is 0.00000121. The second kappa shape index (κ2) is 5.04. The minimum absolute atomic E-state index is 0. The van der Waals surface area contributed by atoms with Crippen molar-refractivity contribution in [3.05, 3.63) is 34.7 Å². The predicted molar refractivity (Wildman–Crippen MR) is 48.5 cm³/mol. The number of nitrogens with zero attached hydrogens (tertiary/aromatic N) is 3. The number of ether oxygens (including phenoxy) is 1. The van der Waals surface area contributed by atoms with Gasteiger partial charge in [0.2, 0.25) is 0 Å². The molecule has 0 aliphatic carbocycles. The SMILES string of the molecule is C.COc1ccc(N=[N+]=[N-])cc1. The van der Waals surface area contributed by atoms with Crippen molar-refractivity contribution in [2.24, 2.45) is 5.11 Å². The summed E-state index contributed by atoms with van der Waals surface area (Å²) in [6, 6.07) is 6.87. The maximum Gasteiger partial charge on any atom is 0.118 e. The maximum absolute atomic E-state index is 8.07. The minimum Gasteiger partial charge on any atom is -0.497 e. The first-order chi connectivity index (χ1) is 5.36. The average molecular weight is 165 g/mol. The Morgan fingerprint density at radius 2 is 1.92 bits per heavy atom. The minimum atomic E-state index is 0. The zero-order chi connectivity index (χ0) is 8.10. The molecule has 64 valence electrons. The lowest BCUT2D eigenvalue weighted by Crippen LogP contribution is -1.79. The fraction of sp³-hybridized carbons (Fsp3) is 0.250. The van der Waals surface area contributed by atoms with Crippen LogP contribution in [0.25, 0.3) is 10.4 Å². The fourth-order valence-electron chi connectivity index (χ4n) is 0.701. The van der Waals surface area contributed by atoms with Crippen LogP contribution in [0.5, 0.6) is 5.75 Å². The number of hydrogen-bond acceptors (Lipinski definition) is 2. The Morgan fingerprint density at radius 3 is 2.33 bits per heavy atom. The van der Waals surface area contributed by atoms with Gasteiger partial charge in [-0.2, -0.15) is 0 Å². The van der Waals surface area contributed by atoms with Crippen LogP contribution in [0.1, 0.15) is 7.43 Å². The molecule has 0 N–H and O–H groups in total. The van der Waals surface area contributed by atoms with Crippen molar-refractivity contribution >= 4 is 5.69 Å². The molecular formula is C8H11N3O. The number of hydrogen-bond donors (Lipinski definition) is 0. The van der Waals surface area contributed by atoms with Gasteiger partial charge in [-0.3, -0.25) is 0 Å². The molecule has 0 spiro atoms. The van der Waals surface area contributed by atoms with E-state index in [0.29, 0.717) is 5.69 Å². The Bertz CT molecular complexity index is 275. The van der Waals surface area contributed by atoms with Gasteiger partial charge in [0.05, 0.1) is 7.11 Å². The molecule has 0 radical (unpaired) electrons. The van der Waals surface area contributed by atoms with Crippen molar-refractivity contribution in [3.63, 3.8) is 0 Å². The van der Waals surface area contributed by atoms with E-state index in [1.54, 1.807) is 31.4 Å². The topological polar surface area (TPSA) is 58.0 Å². The molecule has 0 aliphatic rings. The largest absolute Gasteiger partial charge is 0.497 e. The van der Waals surface area contributed by atoms with Crippen LogP contribution >= 0.6 is 0 Å². The van der Waals surface area contributed by atoms with E-state index in [2.05, 4.69) is 10.0 Å². The Kier molecular flexibility index (Phi) is 4.34. The van der Waals surface area contributed by atoms with Crippen LogP contribution in [-0.2, 0) is 0 Å². The highest BCUT2D eigenvalue weighted by Gasteiger charge is 1.88. The third kappa shape index (κ3) is 2.52. The van der Waals surface area contributed by atoms with Gasteiger partial charge in [-0.05, 0) is 29.8 Å². The Morgan fingerprint density at radius 1 is 1.33 bits per heavy atom. The molecule has 0 heterocycles. The molecule has 4 heteroatoms. The molecule has 1 aromatic carbocycles.